The lowest BCUT2D eigenvalue weighted by Crippen LogP contribution is -2.34. The fraction of sp³-hybridized carbons (Fsp3) is 0.750. The Morgan fingerprint density at radius 3 is 2.21 bits per heavy atom. The van der Waals surface area contributed by atoms with Crippen LogP contribution in [0.15, 0.2) is 0 Å². The molecule has 1 heterocycles. The second kappa shape index (κ2) is 5.50. The van der Waals surface area contributed by atoms with Crippen molar-refractivity contribution in [1.29, 1.82) is 0 Å². The summed E-state index contributed by atoms with van der Waals surface area (Å²) in [5.41, 5.74) is 0. The molecule has 0 aromatic heterocycles. The van der Waals surface area contributed by atoms with E-state index in [-0.39, 0.29) is 5.25 Å². The Morgan fingerprint density at radius 1 is 1.29 bits per heavy atom. The number of methoxy groups -OCH3 is 2. The minimum Gasteiger partial charge on any atom is -0.468 e. The van der Waals surface area contributed by atoms with E-state index in [1.165, 1.54) is 14.2 Å². The molecule has 1 aliphatic heterocycles. The first-order chi connectivity index (χ1) is 6.70. The maximum Gasteiger partial charge on any atom is 0.321 e. The molecule has 6 heteroatoms. The van der Waals surface area contributed by atoms with E-state index in [0.29, 0.717) is 0 Å². The van der Waals surface area contributed by atoms with Crippen molar-refractivity contribution >= 4 is 33.5 Å². The summed E-state index contributed by atoms with van der Waals surface area (Å²) in [7, 11) is 5.79. The Morgan fingerprint density at radius 2 is 1.86 bits per heavy atom. The van der Waals surface area contributed by atoms with E-state index in [1.807, 2.05) is 0 Å². The molecule has 1 unspecified atom stereocenters. The third-order valence-corrected chi connectivity index (χ3v) is 4.90. The first-order valence-corrected chi connectivity index (χ1v) is 6.53. The van der Waals surface area contributed by atoms with Crippen molar-refractivity contribution in [3.8, 4) is 0 Å². The average molecular weight is 236 g/mol. The van der Waals surface area contributed by atoms with Crippen molar-refractivity contribution in [2.45, 2.75) is 11.7 Å². The van der Waals surface area contributed by atoms with Gasteiger partial charge in [0.25, 0.3) is 0 Å². The van der Waals surface area contributed by atoms with Crippen LogP contribution in [0.3, 0.4) is 0 Å². The molecule has 4 nitrogen and oxygen atoms in total. The van der Waals surface area contributed by atoms with Crippen LogP contribution in [0, 0.1) is 5.92 Å². The maximum atomic E-state index is 11.4. The maximum absolute atomic E-state index is 11.4. The van der Waals surface area contributed by atoms with Crippen LogP contribution in [0.5, 0.6) is 0 Å². The highest BCUT2D eigenvalue weighted by Gasteiger charge is 2.39. The molecule has 0 aromatic rings. The summed E-state index contributed by atoms with van der Waals surface area (Å²) >= 11 is 0. The van der Waals surface area contributed by atoms with Gasteiger partial charge in [-0.05, 0) is 6.42 Å². The van der Waals surface area contributed by atoms with Crippen molar-refractivity contribution in [1.82, 2.24) is 0 Å². The van der Waals surface area contributed by atoms with E-state index in [4.69, 9.17) is 0 Å². The molecular weight excluding hydrogens is 224 g/mol. The highest BCUT2D eigenvalue weighted by molar-refractivity contribution is 8.77. The topological polar surface area (TPSA) is 52.6 Å². The van der Waals surface area contributed by atoms with Crippen molar-refractivity contribution < 1.29 is 19.1 Å². The van der Waals surface area contributed by atoms with E-state index in [1.54, 1.807) is 21.6 Å². The molecule has 0 N–H and O–H groups in total. The van der Waals surface area contributed by atoms with E-state index < -0.39 is 17.9 Å². The van der Waals surface area contributed by atoms with Gasteiger partial charge in [-0.3, -0.25) is 9.59 Å². The lowest BCUT2D eigenvalue weighted by molar-refractivity contribution is -0.158. The number of carbonyl (C=O) groups excluding carboxylic acids is 2. The monoisotopic (exact) mass is 236 g/mol. The molecule has 1 aliphatic rings. The average Bonchev–Trinajstić information content (AvgIpc) is 2.70. The van der Waals surface area contributed by atoms with Crippen LogP contribution in [0.4, 0.5) is 0 Å². The lowest BCUT2D eigenvalue weighted by atomic mass is 10.0. The Balaban J connectivity index is 2.69. The summed E-state index contributed by atoms with van der Waals surface area (Å²) in [5.74, 6) is -0.821. The van der Waals surface area contributed by atoms with Gasteiger partial charge in [-0.1, -0.05) is 21.6 Å². The van der Waals surface area contributed by atoms with Crippen LogP contribution in [0.1, 0.15) is 6.42 Å². The van der Waals surface area contributed by atoms with Gasteiger partial charge >= 0.3 is 11.9 Å². The molecule has 0 radical (unpaired) electrons. The third kappa shape index (κ3) is 2.57. The molecule has 0 aliphatic carbocycles. The normalized spacial score (nSPS) is 20.9. The van der Waals surface area contributed by atoms with Crippen LogP contribution >= 0.6 is 21.6 Å². The number of esters is 2. The fourth-order valence-corrected chi connectivity index (χ4v) is 4.27. The van der Waals surface area contributed by atoms with Crippen molar-refractivity contribution in [2.24, 2.45) is 5.92 Å². The van der Waals surface area contributed by atoms with E-state index in [2.05, 4.69) is 9.47 Å². The molecule has 0 bridgehead atoms. The van der Waals surface area contributed by atoms with Crippen LogP contribution in [-0.4, -0.2) is 37.2 Å². The van der Waals surface area contributed by atoms with Gasteiger partial charge in [-0.2, -0.15) is 0 Å². The van der Waals surface area contributed by atoms with Crippen LogP contribution in [-0.2, 0) is 19.1 Å². The smallest absolute Gasteiger partial charge is 0.321 e. The van der Waals surface area contributed by atoms with Crippen LogP contribution < -0.4 is 0 Å². The Kier molecular flexibility index (Phi) is 4.60. The molecule has 0 saturated carbocycles. The van der Waals surface area contributed by atoms with Gasteiger partial charge < -0.3 is 9.47 Å². The standard InChI is InChI=1S/C8H12O4S2/c1-11-7(9)6(8(10)12-2)5-3-4-13-14-5/h5-6H,3-4H2,1-2H3. The molecule has 1 saturated heterocycles. The largest absolute Gasteiger partial charge is 0.468 e. The number of carbonyl (C=O) groups is 2. The summed E-state index contributed by atoms with van der Waals surface area (Å²) in [6, 6.07) is 0. The summed E-state index contributed by atoms with van der Waals surface area (Å²) in [6.07, 6.45) is 0.838. The highest BCUT2D eigenvalue weighted by Crippen LogP contribution is 2.42. The zero-order chi connectivity index (χ0) is 10.6. The minimum absolute atomic E-state index is 0.0140. The predicted molar refractivity (Wildman–Crippen MR) is 56.0 cm³/mol. The SMILES string of the molecule is COC(=O)C(C(=O)OC)C1CCSS1. The minimum atomic E-state index is -0.773. The zero-order valence-corrected chi connectivity index (χ0v) is 9.65. The quantitative estimate of drug-likeness (QED) is 0.415. The van der Waals surface area contributed by atoms with Crippen molar-refractivity contribution in [3.05, 3.63) is 0 Å². The van der Waals surface area contributed by atoms with Gasteiger partial charge in [-0.15, -0.1) is 0 Å². The van der Waals surface area contributed by atoms with E-state index >= 15 is 0 Å². The Labute approximate surface area is 90.5 Å². The first-order valence-electron chi connectivity index (χ1n) is 4.14. The van der Waals surface area contributed by atoms with Crippen molar-refractivity contribution in [3.63, 3.8) is 0 Å². The van der Waals surface area contributed by atoms with Gasteiger partial charge in [0, 0.05) is 11.0 Å². The molecular formula is C8H12O4S2. The Hall–Kier alpha value is -0.360. The van der Waals surface area contributed by atoms with Gasteiger partial charge in [0.15, 0.2) is 5.92 Å². The molecule has 0 spiro atoms. The molecule has 1 rings (SSSR count). The summed E-state index contributed by atoms with van der Waals surface area (Å²) in [4.78, 5) is 22.7. The summed E-state index contributed by atoms with van der Waals surface area (Å²) in [5, 5.41) is -0.0140. The molecule has 14 heavy (non-hydrogen) atoms. The fourth-order valence-electron chi connectivity index (χ4n) is 1.22. The second-order valence-electron chi connectivity index (χ2n) is 2.77. The van der Waals surface area contributed by atoms with Crippen LogP contribution in [0.25, 0.3) is 0 Å². The van der Waals surface area contributed by atoms with E-state index in [9.17, 15) is 9.59 Å². The molecule has 0 aromatic carbocycles. The first kappa shape index (κ1) is 11.7. The number of ether oxygens (including phenoxy) is 2. The van der Waals surface area contributed by atoms with Gasteiger partial charge in [-0.25, -0.2) is 0 Å². The van der Waals surface area contributed by atoms with Crippen LogP contribution in [0.2, 0.25) is 0 Å². The summed E-state index contributed by atoms with van der Waals surface area (Å²) in [6.45, 7) is 0. The second-order valence-corrected chi connectivity index (χ2v) is 5.50. The Bertz CT molecular complexity index is 209. The summed E-state index contributed by atoms with van der Waals surface area (Å²) < 4.78 is 9.17. The number of hydrogen-bond donors (Lipinski definition) is 0. The molecule has 1 atom stereocenters. The molecule has 0 amide bonds. The van der Waals surface area contributed by atoms with Gasteiger partial charge in [0.05, 0.1) is 14.2 Å². The predicted octanol–water partition coefficient (Wildman–Crippen LogP) is 1.10. The number of hydrogen-bond acceptors (Lipinski definition) is 6. The number of rotatable bonds is 3. The molecule has 1 fully saturated rings. The lowest BCUT2D eigenvalue weighted by Gasteiger charge is -2.16. The van der Waals surface area contributed by atoms with Gasteiger partial charge in [0.1, 0.15) is 0 Å². The van der Waals surface area contributed by atoms with E-state index in [0.717, 1.165) is 12.2 Å². The highest BCUT2D eigenvalue weighted by atomic mass is 33.1. The third-order valence-electron chi connectivity index (χ3n) is 1.96. The zero-order valence-electron chi connectivity index (χ0n) is 8.02. The van der Waals surface area contributed by atoms with Crippen molar-refractivity contribution in [2.75, 3.05) is 20.0 Å². The molecule has 80 valence electrons. The van der Waals surface area contributed by atoms with Gasteiger partial charge in [0.2, 0.25) is 0 Å².